The van der Waals surface area contributed by atoms with Crippen LogP contribution in [-0.2, 0) is 9.53 Å². The van der Waals surface area contributed by atoms with Gasteiger partial charge in [0, 0.05) is 11.6 Å². The van der Waals surface area contributed by atoms with E-state index in [2.05, 4.69) is 0 Å². The molecule has 5 N–H and O–H groups in total. The summed E-state index contributed by atoms with van der Waals surface area (Å²) in [5.41, 5.74) is 0.829. The van der Waals surface area contributed by atoms with E-state index in [-0.39, 0.29) is 5.75 Å². The quantitative estimate of drug-likeness (QED) is 0.450. The third-order valence-corrected chi connectivity index (χ3v) is 4.10. The summed E-state index contributed by atoms with van der Waals surface area (Å²) in [6.07, 6.45) is -3.59. The Balaban J connectivity index is 1.97. The Bertz CT molecular complexity index is 810. The van der Waals surface area contributed by atoms with Gasteiger partial charge in [0.05, 0.1) is 18.3 Å². The second-order valence-electron chi connectivity index (χ2n) is 5.80. The van der Waals surface area contributed by atoms with E-state index >= 15 is 0 Å². The molecule has 9 nitrogen and oxygen atoms in total. The molecule has 0 saturated carbocycles. The summed E-state index contributed by atoms with van der Waals surface area (Å²) in [7, 11) is 0. The summed E-state index contributed by atoms with van der Waals surface area (Å²) >= 11 is 0. The van der Waals surface area contributed by atoms with Gasteiger partial charge in [-0.2, -0.15) is 0 Å². The molecule has 1 fully saturated rings. The zero-order chi connectivity index (χ0) is 18.8. The lowest BCUT2D eigenvalue weighted by atomic mass is 9.99. The molecular weight excluding hydrogens is 348 g/mol. The van der Waals surface area contributed by atoms with Crippen molar-refractivity contribution in [3.63, 3.8) is 0 Å². The minimum atomic E-state index is -1.59. The van der Waals surface area contributed by atoms with Gasteiger partial charge in [0.1, 0.15) is 35.7 Å². The monoisotopic (exact) mass is 366 g/mol. The second-order valence-corrected chi connectivity index (χ2v) is 5.80. The second kappa shape index (κ2) is 7.44. The van der Waals surface area contributed by atoms with Gasteiger partial charge in [-0.15, -0.1) is 0 Å². The number of carbonyl (C=O) groups is 1. The van der Waals surface area contributed by atoms with E-state index in [1.807, 2.05) is 0 Å². The maximum atomic E-state index is 10.8. The van der Waals surface area contributed by atoms with Crippen molar-refractivity contribution in [2.75, 3.05) is 6.61 Å². The fourth-order valence-electron chi connectivity index (χ4n) is 2.74. The number of carboxylic acid groups (broad SMARTS) is 1. The van der Waals surface area contributed by atoms with Crippen molar-refractivity contribution >= 4 is 23.0 Å². The van der Waals surface area contributed by atoms with Crippen molar-refractivity contribution in [3.05, 3.63) is 36.1 Å². The van der Waals surface area contributed by atoms with Crippen LogP contribution < -0.4 is 4.74 Å². The maximum Gasteiger partial charge on any atom is 0.328 e. The van der Waals surface area contributed by atoms with Crippen LogP contribution in [0.5, 0.6) is 5.75 Å². The number of aliphatic hydroxyl groups is 4. The lowest BCUT2D eigenvalue weighted by Gasteiger charge is -2.39. The lowest BCUT2D eigenvalue weighted by molar-refractivity contribution is -0.277. The van der Waals surface area contributed by atoms with Gasteiger partial charge < -0.3 is 39.4 Å². The number of hydrogen-bond acceptors (Lipinski definition) is 8. The number of ether oxygens (including phenoxy) is 2. The molecule has 1 aromatic heterocycles. The Morgan fingerprint density at radius 3 is 2.62 bits per heavy atom. The van der Waals surface area contributed by atoms with Gasteiger partial charge in [0.25, 0.3) is 0 Å². The summed E-state index contributed by atoms with van der Waals surface area (Å²) < 4.78 is 16.3. The highest BCUT2D eigenvalue weighted by molar-refractivity contribution is 5.91. The third-order valence-electron chi connectivity index (χ3n) is 4.10. The summed E-state index contributed by atoms with van der Waals surface area (Å²) in [6, 6.07) is 4.77. The molecule has 2 heterocycles. The van der Waals surface area contributed by atoms with Gasteiger partial charge in [0.2, 0.25) is 6.29 Å². The summed E-state index contributed by atoms with van der Waals surface area (Å²) in [5, 5.41) is 48.5. The van der Waals surface area contributed by atoms with Crippen molar-refractivity contribution < 1.29 is 44.2 Å². The Hall–Kier alpha value is -2.43. The van der Waals surface area contributed by atoms with Gasteiger partial charge in [-0.25, -0.2) is 4.79 Å². The minimum Gasteiger partial charge on any atom is -0.478 e. The fourth-order valence-corrected chi connectivity index (χ4v) is 2.74. The lowest BCUT2D eigenvalue weighted by Crippen LogP contribution is -2.60. The van der Waals surface area contributed by atoms with Gasteiger partial charge >= 0.3 is 5.97 Å². The van der Waals surface area contributed by atoms with Crippen LogP contribution in [0, 0.1) is 0 Å². The summed E-state index contributed by atoms with van der Waals surface area (Å²) in [6.45, 7) is -0.591. The Labute approximate surface area is 147 Å². The molecule has 5 atom stereocenters. The molecule has 3 rings (SSSR count). The molecule has 0 bridgehead atoms. The molecule has 0 radical (unpaired) electrons. The average Bonchev–Trinajstić information content (AvgIpc) is 3.10. The highest BCUT2D eigenvalue weighted by Crippen LogP contribution is 2.34. The van der Waals surface area contributed by atoms with Crippen LogP contribution in [0.25, 0.3) is 17.0 Å². The molecule has 1 saturated heterocycles. The van der Waals surface area contributed by atoms with E-state index in [9.17, 15) is 25.2 Å². The van der Waals surface area contributed by atoms with Gasteiger partial charge in [-0.3, -0.25) is 0 Å². The van der Waals surface area contributed by atoms with Crippen molar-refractivity contribution in [1.82, 2.24) is 0 Å². The van der Waals surface area contributed by atoms with Crippen LogP contribution in [0.1, 0.15) is 5.56 Å². The zero-order valence-corrected chi connectivity index (χ0v) is 13.4. The first-order valence-corrected chi connectivity index (χ1v) is 7.80. The molecule has 2 aromatic rings. The molecule has 0 aliphatic carbocycles. The van der Waals surface area contributed by atoms with E-state index in [1.165, 1.54) is 12.3 Å². The largest absolute Gasteiger partial charge is 0.478 e. The molecule has 1 aromatic carbocycles. The first kappa shape index (κ1) is 18.4. The number of aliphatic hydroxyl groups excluding tert-OH is 4. The van der Waals surface area contributed by atoms with E-state index < -0.39 is 43.3 Å². The van der Waals surface area contributed by atoms with Crippen LogP contribution in [0.4, 0.5) is 0 Å². The van der Waals surface area contributed by atoms with Crippen LogP contribution in [0.3, 0.4) is 0 Å². The number of furan rings is 1. The molecule has 0 amide bonds. The number of carboxylic acids is 1. The first-order valence-electron chi connectivity index (χ1n) is 7.80. The van der Waals surface area contributed by atoms with Gasteiger partial charge in [-0.1, -0.05) is 0 Å². The standard InChI is InChI=1S/C17H18O9/c18-7-11-13(21)14(22)15(23)17(25-11)26-16-8(2-4-12(19)20)1-3-10-9(16)5-6-24-10/h1-6,11,13-15,17-18,21-23H,7H2,(H,19,20)/t11-,13-,14+,15-,17-/m1/s1. The Morgan fingerprint density at radius 2 is 1.92 bits per heavy atom. The highest BCUT2D eigenvalue weighted by atomic mass is 16.7. The molecule has 1 aliphatic heterocycles. The Morgan fingerprint density at radius 1 is 1.15 bits per heavy atom. The van der Waals surface area contributed by atoms with E-state index in [0.29, 0.717) is 16.5 Å². The van der Waals surface area contributed by atoms with Gasteiger partial charge in [0.15, 0.2) is 0 Å². The topological polar surface area (TPSA) is 150 Å². The molecule has 0 spiro atoms. The number of fused-ring (bicyclic) bond motifs is 1. The van der Waals surface area contributed by atoms with E-state index in [4.69, 9.17) is 19.0 Å². The molecular formula is C17H18O9. The first-order chi connectivity index (χ1) is 12.4. The molecule has 1 aliphatic rings. The predicted octanol–water partition coefficient (Wildman–Crippen LogP) is -0.291. The number of rotatable bonds is 5. The van der Waals surface area contributed by atoms with Crippen LogP contribution in [-0.4, -0.2) is 68.8 Å². The molecule has 9 heteroatoms. The Kier molecular flexibility index (Phi) is 5.25. The predicted molar refractivity (Wildman–Crippen MR) is 87.3 cm³/mol. The minimum absolute atomic E-state index is 0.165. The summed E-state index contributed by atoms with van der Waals surface area (Å²) in [4.78, 5) is 10.8. The van der Waals surface area contributed by atoms with Crippen molar-refractivity contribution in [3.8, 4) is 5.75 Å². The summed E-state index contributed by atoms with van der Waals surface area (Å²) in [5.74, 6) is -0.992. The zero-order valence-electron chi connectivity index (χ0n) is 13.4. The fraction of sp³-hybridized carbons (Fsp3) is 0.353. The number of benzene rings is 1. The SMILES string of the molecule is O=C(O)C=Cc1ccc2occc2c1O[C@H]1O[C@H](CO)[C@@H](O)[C@H](O)[C@H]1O. The van der Waals surface area contributed by atoms with Crippen LogP contribution in [0.15, 0.2) is 35.0 Å². The average molecular weight is 366 g/mol. The van der Waals surface area contributed by atoms with Crippen molar-refractivity contribution in [2.24, 2.45) is 0 Å². The van der Waals surface area contributed by atoms with Crippen LogP contribution >= 0.6 is 0 Å². The molecule has 26 heavy (non-hydrogen) atoms. The van der Waals surface area contributed by atoms with E-state index in [1.54, 1.807) is 18.2 Å². The van der Waals surface area contributed by atoms with Crippen LogP contribution in [0.2, 0.25) is 0 Å². The number of hydrogen-bond donors (Lipinski definition) is 5. The maximum absolute atomic E-state index is 10.8. The third kappa shape index (κ3) is 3.43. The number of aliphatic carboxylic acids is 1. The molecule has 0 unspecified atom stereocenters. The van der Waals surface area contributed by atoms with Crippen molar-refractivity contribution in [2.45, 2.75) is 30.7 Å². The normalized spacial score (nSPS) is 29.3. The van der Waals surface area contributed by atoms with Crippen molar-refractivity contribution in [1.29, 1.82) is 0 Å². The smallest absolute Gasteiger partial charge is 0.328 e. The van der Waals surface area contributed by atoms with E-state index in [0.717, 1.165) is 6.08 Å². The van der Waals surface area contributed by atoms with Gasteiger partial charge in [-0.05, 0) is 24.3 Å². The molecule has 140 valence electrons. The highest BCUT2D eigenvalue weighted by Gasteiger charge is 2.45.